The van der Waals surface area contributed by atoms with Crippen molar-refractivity contribution in [3.63, 3.8) is 0 Å². The summed E-state index contributed by atoms with van der Waals surface area (Å²) in [4.78, 5) is 11.8. The Bertz CT molecular complexity index is 511. The highest BCUT2D eigenvalue weighted by atomic mass is 16.3. The molecule has 16 heavy (non-hydrogen) atoms. The largest absolute Gasteiger partial charge is 0.469 e. The molecule has 1 unspecified atom stereocenters. The minimum absolute atomic E-state index is 0.240. The lowest BCUT2D eigenvalue weighted by atomic mass is 9.81. The molecular weight excluding hydrogens is 200 g/mol. The summed E-state index contributed by atoms with van der Waals surface area (Å²) in [5, 5.41) is 0. The van der Waals surface area contributed by atoms with E-state index in [9.17, 15) is 4.79 Å². The molecule has 1 aromatic heterocycles. The second-order valence-corrected chi connectivity index (χ2v) is 4.12. The summed E-state index contributed by atoms with van der Waals surface area (Å²) in [5.41, 5.74) is 1.96. The van der Waals surface area contributed by atoms with Gasteiger partial charge in [-0.25, -0.2) is 0 Å². The number of hydrogen-bond acceptors (Lipinski definition) is 2. The Morgan fingerprint density at radius 2 is 2.00 bits per heavy atom. The van der Waals surface area contributed by atoms with Crippen LogP contribution in [0.5, 0.6) is 0 Å². The maximum Gasteiger partial charge on any atom is 0.163 e. The summed E-state index contributed by atoms with van der Waals surface area (Å²) >= 11 is 0. The van der Waals surface area contributed by atoms with Crippen LogP contribution in [-0.4, -0.2) is 5.78 Å². The topological polar surface area (TPSA) is 30.2 Å². The van der Waals surface area contributed by atoms with E-state index in [0.29, 0.717) is 6.42 Å². The van der Waals surface area contributed by atoms with E-state index in [4.69, 9.17) is 4.42 Å². The quantitative estimate of drug-likeness (QED) is 0.725. The molecule has 80 valence electrons. The highest BCUT2D eigenvalue weighted by Gasteiger charge is 2.27. The molecule has 3 rings (SSSR count). The van der Waals surface area contributed by atoms with E-state index < -0.39 is 0 Å². The van der Waals surface area contributed by atoms with E-state index in [1.807, 2.05) is 36.4 Å². The van der Waals surface area contributed by atoms with Crippen LogP contribution in [0.25, 0.3) is 0 Å². The maximum atomic E-state index is 11.8. The average molecular weight is 212 g/mol. The third kappa shape index (κ3) is 1.38. The van der Waals surface area contributed by atoms with Gasteiger partial charge in [-0.05, 0) is 24.1 Å². The number of hydrogen-bond donors (Lipinski definition) is 0. The molecule has 0 radical (unpaired) electrons. The molecule has 0 fully saturated rings. The van der Waals surface area contributed by atoms with E-state index in [1.165, 1.54) is 0 Å². The summed E-state index contributed by atoms with van der Waals surface area (Å²) in [6.07, 6.45) is 3.15. The van der Waals surface area contributed by atoms with Crippen LogP contribution >= 0.6 is 0 Å². The van der Waals surface area contributed by atoms with Gasteiger partial charge in [-0.2, -0.15) is 0 Å². The molecule has 0 aliphatic heterocycles. The summed E-state index contributed by atoms with van der Waals surface area (Å²) in [7, 11) is 0. The maximum absolute atomic E-state index is 11.8. The van der Waals surface area contributed by atoms with Crippen molar-refractivity contribution in [3.05, 3.63) is 59.5 Å². The van der Waals surface area contributed by atoms with Gasteiger partial charge in [-0.3, -0.25) is 4.79 Å². The van der Waals surface area contributed by atoms with Gasteiger partial charge >= 0.3 is 0 Å². The van der Waals surface area contributed by atoms with Crippen LogP contribution in [-0.2, 0) is 0 Å². The van der Waals surface area contributed by atoms with Crippen LogP contribution in [0.3, 0.4) is 0 Å². The number of Topliss-reactive ketones (excluding diaryl/α,β-unsaturated/α-hetero) is 1. The van der Waals surface area contributed by atoms with Crippen molar-refractivity contribution >= 4 is 5.78 Å². The van der Waals surface area contributed by atoms with Gasteiger partial charge < -0.3 is 4.42 Å². The summed E-state index contributed by atoms with van der Waals surface area (Å²) in [6, 6.07) is 11.7. The van der Waals surface area contributed by atoms with Crippen LogP contribution in [0, 0.1) is 0 Å². The van der Waals surface area contributed by atoms with Crippen molar-refractivity contribution in [2.75, 3.05) is 0 Å². The molecule has 1 aliphatic carbocycles. The van der Waals surface area contributed by atoms with Crippen molar-refractivity contribution in [1.29, 1.82) is 0 Å². The third-order valence-corrected chi connectivity index (χ3v) is 3.18. The molecule has 1 aromatic carbocycles. The second kappa shape index (κ2) is 3.63. The normalized spacial score (nSPS) is 19.5. The molecule has 0 amide bonds. The minimum Gasteiger partial charge on any atom is -0.469 e. The van der Waals surface area contributed by atoms with Gasteiger partial charge in [0, 0.05) is 17.9 Å². The summed E-state index contributed by atoms with van der Waals surface area (Å²) in [5.74, 6) is 1.45. The molecule has 0 bridgehead atoms. The number of furan rings is 1. The fourth-order valence-corrected chi connectivity index (χ4v) is 2.41. The zero-order valence-corrected chi connectivity index (χ0v) is 8.85. The van der Waals surface area contributed by atoms with Gasteiger partial charge in [0.2, 0.25) is 0 Å². The molecule has 1 aliphatic rings. The first-order valence-electron chi connectivity index (χ1n) is 5.52. The predicted octanol–water partition coefficient (Wildman–Crippen LogP) is 3.39. The smallest absolute Gasteiger partial charge is 0.163 e. The molecule has 0 saturated heterocycles. The van der Waals surface area contributed by atoms with Gasteiger partial charge in [0.05, 0.1) is 6.26 Å². The molecule has 1 atom stereocenters. The average Bonchev–Trinajstić information content (AvgIpc) is 2.83. The first kappa shape index (κ1) is 9.40. The van der Waals surface area contributed by atoms with E-state index in [2.05, 4.69) is 0 Å². The number of rotatable bonds is 1. The zero-order chi connectivity index (χ0) is 11.0. The highest BCUT2D eigenvalue weighted by Crippen LogP contribution is 2.36. The first-order valence-corrected chi connectivity index (χ1v) is 5.52. The Morgan fingerprint density at radius 3 is 2.81 bits per heavy atom. The van der Waals surface area contributed by atoms with Crippen molar-refractivity contribution in [2.45, 2.75) is 18.8 Å². The number of carbonyl (C=O) groups is 1. The lowest BCUT2D eigenvalue weighted by Gasteiger charge is -2.22. The monoisotopic (exact) mass is 212 g/mol. The Labute approximate surface area is 93.9 Å². The lowest BCUT2D eigenvalue weighted by molar-refractivity contribution is 0.0968. The number of ketones is 1. The molecule has 0 spiro atoms. The second-order valence-electron chi connectivity index (χ2n) is 4.12. The van der Waals surface area contributed by atoms with Crippen molar-refractivity contribution < 1.29 is 9.21 Å². The Balaban J connectivity index is 2.11. The van der Waals surface area contributed by atoms with Crippen molar-refractivity contribution in [1.82, 2.24) is 0 Å². The predicted molar refractivity (Wildman–Crippen MR) is 60.6 cm³/mol. The van der Waals surface area contributed by atoms with E-state index in [0.717, 1.165) is 23.3 Å². The number of benzene rings is 1. The van der Waals surface area contributed by atoms with Gasteiger partial charge in [0.1, 0.15) is 5.76 Å². The van der Waals surface area contributed by atoms with Gasteiger partial charge in [0.15, 0.2) is 5.78 Å². The van der Waals surface area contributed by atoms with E-state index in [-0.39, 0.29) is 11.7 Å². The number of fused-ring (bicyclic) bond motifs is 1. The first-order chi connectivity index (χ1) is 7.86. The van der Waals surface area contributed by atoms with Crippen LogP contribution in [0.1, 0.15) is 40.4 Å². The van der Waals surface area contributed by atoms with Gasteiger partial charge in [0.25, 0.3) is 0 Å². The lowest BCUT2D eigenvalue weighted by Crippen LogP contribution is -2.15. The number of carbonyl (C=O) groups excluding carboxylic acids is 1. The summed E-state index contributed by atoms with van der Waals surface area (Å²) in [6.45, 7) is 0. The van der Waals surface area contributed by atoms with Crippen LogP contribution in [0.15, 0.2) is 47.1 Å². The Morgan fingerprint density at radius 1 is 1.12 bits per heavy atom. The third-order valence-electron chi connectivity index (χ3n) is 3.18. The molecule has 0 N–H and O–H groups in total. The molecule has 2 nitrogen and oxygen atoms in total. The van der Waals surface area contributed by atoms with Gasteiger partial charge in [-0.1, -0.05) is 24.3 Å². The Kier molecular flexibility index (Phi) is 2.13. The van der Waals surface area contributed by atoms with E-state index >= 15 is 0 Å². The fraction of sp³-hybridized carbons (Fsp3) is 0.214. The van der Waals surface area contributed by atoms with Crippen molar-refractivity contribution in [2.24, 2.45) is 0 Å². The molecule has 1 heterocycles. The summed E-state index contributed by atoms with van der Waals surface area (Å²) < 4.78 is 5.45. The molecule has 2 aromatic rings. The van der Waals surface area contributed by atoms with Crippen LogP contribution in [0.2, 0.25) is 0 Å². The SMILES string of the molecule is O=C1CCC(c2ccco2)c2ccccc21. The highest BCUT2D eigenvalue weighted by molar-refractivity contribution is 5.98. The Hall–Kier alpha value is -1.83. The molecule has 2 heteroatoms. The van der Waals surface area contributed by atoms with Gasteiger partial charge in [-0.15, -0.1) is 0 Å². The van der Waals surface area contributed by atoms with Crippen LogP contribution in [0.4, 0.5) is 0 Å². The van der Waals surface area contributed by atoms with E-state index in [1.54, 1.807) is 6.26 Å². The minimum atomic E-state index is 0.240. The molecule has 0 saturated carbocycles. The standard InChI is InChI=1S/C14H12O2/c15-13-8-7-12(14-6-3-9-16-14)10-4-1-2-5-11(10)13/h1-6,9,12H,7-8H2. The fourth-order valence-electron chi connectivity index (χ4n) is 2.41. The van der Waals surface area contributed by atoms with Crippen LogP contribution < -0.4 is 0 Å². The zero-order valence-electron chi connectivity index (χ0n) is 8.85. The molecular formula is C14H12O2. The van der Waals surface area contributed by atoms with Crippen molar-refractivity contribution in [3.8, 4) is 0 Å².